The number of nitrogens with zero attached hydrogens (tertiary/aromatic N) is 4. The van der Waals surface area contributed by atoms with Crippen molar-refractivity contribution in [1.82, 2.24) is 14.3 Å². The molecule has 0 bridgehead atoms. The molecule has 0 saturated carbocycles. The standard InChI is InChI=1S/C12H20N4O2S/c1-7-17-9-11(1)18-8-6-15-2-4-16(5-3-15)12-13-10-14-19-12/h10-11H,1-9H2. The highest BCUT2D eigenvalue weighted by molar-refractivity contribution is 7.09. The van der Waals surface area contributed by atoms with Gasteiger partial charge in [-0.2, -0.15) is 4.37 Å². The molecule has 19 heavy (non-hydrogen) atoms. The zero-order valence-corrected chi connectivity index (χ0v) is 11.8. The Kier molecular flexibility index (Phi) is 4.60. The quantitative estimate of drug-likeness (QED) is 0.783. The van der Waals surface area contributed by atoms with E-state index in [1.807, 2.05) is 0 Å². The lowest BCUT2D eigenvalue weighted by Crippen LogP contribution is -2.47. The van der Waals surface area contributed by atoms with Crippen molar-refractivity contribution < 1.29 is 9.47 Å². The zero-order valence-electron chi connectivity index (χ0n) is 11.0. The molecular weight excluding hydrogens is 264 g/mol. The number of rotatable bonds is 5. The number of hydrogen-bond donors (Lipinski definition) is 0. The molecule has 0 spiro atoms. The van der Waals surface area contributed by atoms with Crippen molar-refractivity contribution in [3.63, 3.8) is 0 Å². The minimum Gasteiger partial charge on any atom is -0.379 e. The first-order valence-corrected chi connectivity index (χ1v) is 7.62. The van der Waals surface area contributed by atoms with Crippen LogP contribution in [0.1, 0.15) is 6.42 Å². The highest BCUT2D eigenvalue weighted by Crippen LogP contribution is 2.16. The second kappa shape index (κ2) is 6.60. The Morgan fingerprint density at radius 1 is 1.37 bits per heavy atom. The van der Waals surface area contributed by atoms with Gasteiger partial charge in [-0.15, -0.1) is 0 Å². The smallest absolute Gasteiger partial charge is 0.205 e. The molecular formula is C12H20N4O2S. The summed E-state index contributed by atoms with van der Waals surface area (Å²) in [6.07, 6.45) is 3.00. The zero-order chi connectivity index (χ0) is 12.9. The first kappa shape index (κ1) is 13.2. The Hall–Kier alpha value is -0.760. The van der Waals surface area contributed by atoms with Crippen molar-refractivity contribution in [2.75, 3.05) is 57.4 Å². The Bertz CT molecular complexity index is 362. The molecule has 0 N–H and O–H groups in total. The van der Waals surface area contributed by atoms with Crippen molar-refractivity contribution in [2.24, 2.45) is 0 Å². The van der Waals surface area contributed by atoms with Crippen molar-refractivity contribution in [3.8, 4) is 0 Å². The van der Waals surface area contributed by atoms with E-state index in [9.17, 15) is 0 Å². The first-order chi connectivity index (χ1) is 9.42. The monoisotopic (exact) mass is 284 g/mol. The molecule has 2 saturated heterocycles. The van der Waals surface area contributed by atoms with Crippen LogP contribution in [-0.2, 0) is 9.47 Å². The van der Waals surface area contributed by atoms with Gasteiger partial charge in [-0.25, -0.2) is 4.98 Å². The molecule has 1 aromatic rings. The van der Waals surface area contributed by atoms with Crippen LogP contribution < -0.4 is 4.90 Å². The van der Waals surface area contributed by atoms with Gasteiger partial charge >= 0.3 is 0 Å². The fourth-order valence-electron chi connectivity index (χ4n) is 2.46. The van der Waals surface area contributed by atoms with Gasteiger partial charge in [-0.3, -0.25) is 4.90 Å². The third-order valence-electron chi connectivity index (χ3n) is 3.64. The molecule has 1 aromatic heterocycles. The second-order valence-electron chi connectivity index (χ2n) is 4.91. The summed E-state index contributed by atoms with van der Waals surface area (Å²) in [5.74, 6) is 0. The predicted octanol–water partition coefficient (Wildman–Crippen LogP) is 0.466. The van der Waals surface area contributed by atoms with Gasteiger partial charge in [0, 0.05) is 50.9 Å². The Labute approximate surface area is 117 Å². The molecule has 1 atom stereocenters. The maximum Gasteiger partial charge on any atom is 0.205 e. The van der Waals surface area contributed by atoms with Gasteiger partial charge in [0.25, 0.3) is 0 Å². The van der Waals surface area contributed by atoms with Gasteiger partial charge in [0.15, 0.2) is 0 Å². The summed E-state index contributed by atoms with van der Waals surface area (Å²) in [5, 5.41) is 1.04. The van der Waals surface area contributed by atoms with Crippen molar-refractivity contribution in [1.29, 1.82) is 0 Å². The molecule has 1 unspecified atom stereocenters. The second-order valence-corrected chi connectivity index (χ2v) is 5.67. The van der Waals surface area contributed by atoms with Crippen molar-refractivity contribution in [2.45, 2.75) is 12.5 Å². The van der Waals surface area contributed by atoms with E-state index in [1.165, 1.54) is 11.5 Å². The van der Waals surface area contributed by atoms with Crippen molar-refractivity contribution in [3.05, 3.63) is 6.33 Å². The van der Waals surface area contributed by atoms with E-state index in [0.29, 0.717) is 6.10 Å². The fourth-order valence-corrected chi connectivity index (χ4v) is 3.04. The molecule has 3 heterocycles. The average molecular weight is 284 g/mol. The number of aromatic nitrogens is 2. The minimum atomic E-state index is 0.322. The number of ether oxygens (including phenoxy) is 2. The molecule has 7 heteroatoms. The van der Waals surface area contributed by atoms with Crippen molar-refractivity contribution >= 4 is 16.7 Å². The normalized spacial score (nSPS) is 25.1. The fraction of sp³-hybridized carbons (Fsp3) is 0.833. The Morgan fingerprint density at radius 2 is 2.26 bits per heavy atom. The van der Waals surface area contributed by atoms with Crippen LogP contribution >= 0.6 is 11.5 Å². The SMILES string of the molecule is c1nsc(N2CCN(CCOC3CCOC3)CC2)n1. The molecule has 0 aromatic carbocycles. The topological polar surface area (TPSA) is 50.7 Å². The van der Waals surface area contributed by atoms with Gasteiger partial charge in [-0.1, -0.05) is 0 Å². The highest BCUT2D eigenvalue weighted by atomic mass is 32.1. The summed E-state index contributed by atoms with van der Waals surface area (Å²) in [7, 11) is 0. The lowest BCUT2D eigenvalue weighted by molar-refractivity contribution is 0.0290. The first-order valence-electron chi connectivity index (χ1n) is 6.85. The summed E-state index contributed by atoms with van der Waals surface area (Å²) in [4.78, 5) is 9.01. The average Bonchev–Trinajstić information content (AvgIpc) is 3.13. The van der Waals surface area contributed by atoms with Gasteiger partial charge < -0.3 is 14.4 Å². The molecule has 0 amide bonds. The molecule has 2 fully saturated rings. The lowest BCUT2D eigenvalue weighted by Gasteiger charge is -2.34. The summed E-state index contributed by atoms with van der Waals surface area (Å²) >= 11 is 1.47. The van der Waals surface area contributed by atoms with Gasteiger partial charge in [0.2, 0.25) is 5.13 Å². The molecule has 2 aliphatic rings. The molecule has 106 valence electrons. The van der Waals surface area contributed by atoms with E-state index in [2.05, 4.69) is 19.2 Å². The summed E-state index contributed by atoms with van der Waals surface area (Å²) in [6, 6.07) is 0. The van der Waals surface area contributed by atoms with Crippen LogP contribution in [0.2, 0.25) is 0 Å². The highest BCUT2D eigenvalue weighted by Gasteiger charge is 2.20. The van der Waals surface area contributed by atoms with E-state index in [-0.39, 0.29) is 0 Å². The van der Waals surface area contributed by atoms with E-state index in [0.717, 1.165) is 64.1 Å². The van der Waals surface area contributed by atoms with Gasteiger partial charge in [-0.05, 0) is 6.42 Å². The van der Waals surface area contributed by atoms with Crippen LogP contribution in [0.3, 0.4) is 0 Å². The Balaban J connectivity index is 1.34. The number of piperazine rings is 1. The Morgan fingerprint density at radius 3 is 2.95 bits per heavy atom. The van der Waals surface area contributed by atoms with E-state index in [4.69, 9.17) is 9.47 Å². The van der Waals surface area contributed by atoms with Crippen LogP contribution in [0.5, 0.6) is 0 Å². The lowest BCUT2D eigenvalue weighted by atomic mass is 10.3. The number of hydrogen-bond acceptors (Lipinski definition) is 7. The maximum atomic E-state index is 5.80. The maximum absolute atomic E-state index is 5.80. The summed E-state index contributed by atoms with van der Waals surface area (Å²) in [5.41, 5.74) is 0. The molecule has 0 aliphatic carbocycles. The molecule has 6 nitrogen and oxygen atoms in total. The third kappa shape index (κ3) is 3.62. The molecule has 0 radical (unpaired) electrons. The van der Waals surface area contributed by atoms with E-state index < -0.39 is 0 Å². The van der Waals surface area contributed by atoms with Crippen LogP contribution in [0, 0.1) is 0 Å². The van der Waals surface area contributed by atoms with Gasteiger partial charge in [0.1, 0.15) is 6.33 Å². The summed E-state index contributed by atoms with van der Waals surface area (Å²) in [6.45, 7) is 7.65. The van der Waals surface area contributed by atoms with E-state index >= 15 is 0 Å². The number of anilines is 1. The predicted molar refractivity (Wildman–Crippen MR) is 73.7 cm³/mol. The minimum absolute atomic E-state index is 0.322. The third-order valence-corrected chi connectivity index (χ3v) is 4.37. The molecule has 3 rings (SSSR count). The van der Waals surface area contributed by atoms with Crippen LogP contribution in [0.15, 0.2) is 6.33 Å². The van der Waals surface area contributed by atoms with Crippen LogP contribution in [0.4, 0.5) is 5.13 Å². The summed E-state index contributed by atoms with van der Waals surface area (Å²) < 4.78 is 15.2. The van der Waals surface area contributed by atoms with E-state index in [1.54, 1.807) is 6.33 Å². The molecule has 2 aliphatic heterocycles. The largest absolute Gasteiger partial charge is 0.379 e. The van der Waals surface area contributed by atoms with Gasteiger partial charge in [0.05, 0.1) is 19.3 Å². The van der Waals surface area contributed by atoms with Crippen LogP contribution in [-0.4, -0.2) is 72.9 Å². The van der Waals surface area contributed by atoms with Crippen LogP contribution in [0.25, 0.3) is 0 Å².